The minimum Gasteiger partial charge on any atom is -0.255 e. The van der Waals surface area contributed by atoms with E-state index in [-0.39, 0.29) is 22.2 Å². The molecule has 1 atom stereocenters. The van der Waals surface area contributed by atoms with E-state index in [1.54, 1.807) is 6.08 Å². The molecular formula is C30H23ClF3NO2S. The van der Waals surface area contributed by atoms with E-state index in [1.807, 2.05) is 60.7 Å². The van der Waals surface area contributed by atoms with Crippen molar-refractivity contribution in [1.29, 1.82) is 0 Å². The van der Waals surface area contributed by atoms with E-state index in [4.69, 9.17) is 11.6 Å². The molecule has 0 saturated carbocycles. The summed E-state index contributed by atoms with van der Waals surface area (Å²) < 4.78 is 68.1. The van der Waals surface area contributed by atoms with E-state index < -0.39 is 26.5 Å². The zero-order chi connectivity index (χ0) is 27.1. The molecular weight excluding hydrogens is 531 g/mol. The molecule has 0 aliphatic heterocycles. The predicted molar refractivity (Wildman–Crippen MR) is 145 cm³/mol. The third-order valence-corrected chi connectivity index (χ3v) is 8.64. The Bertz CT molecular complexity index is 1680. The minimum absolute atomic E-state index is 0.0641. The van der Waals surface area contributed by atoms with Crippen molar-refractivity contribution in [3.05, 3.63) is 130 Å². The highest BCUT2D eigenvalue weighted by Crippen LogP contribution is 2.52. The summed E-state index contributed by atoms with van der Waals surface area (Å²) in [6.07, 6.45) is 1.37. The monoisotopic (exact) mass is 553 g/mol. The number of hydrogen-bond acceptors (Lipinski definition) is 3. The lowest BCUT2D eigenvalue weighted by Gasteiger charge is -2.35. The molecule has 0 N–H and O–H groups in total. The van der Waals surface area contributed by atoms with Crippen molar-refractivity contribution in [3.8, 4) is 0 Å². The van der Waals surface area contributed by atoms with Gasteiger partial charge in [0.15, 0.2) is 9.84 Å². The first-order chi connectivity index (χ1) is 18.0. The number of benzene rings is 3. The molecule has 4 aromatic rings. The van der Waals surface area contributed by atoms with Crippen LogP contribution in [0.15, 0.2) is 102 Å². The van der Waals surface area contributed by atoms with Gasteiger partial charge in [0.1, 0.15) is 4.87 Å². The predicted octanol–water partition coefficient (Wildman–Crippen LogP) is 7.69. The number of allylic oxidation sites excluding steroid dienone is 4. The SMILES string of the molecule is CS(=O)(=O)C1=CC=C(c2ccccc2)CC1(Cl)c1c(Cc2ccccc2)cnc2c(C(F)(F)F)cccc12. The molecule has 1 aromatic heterocycles. The quantitative estimate of drug-likeness (QED) is 0.238. The van der Waals surface area contributed by atoms with E-state index in [0.717, 1.165) is 29.0 Å². The van der Waals surface area contributed by atoms with Gasteiger partial charge >= 0.3 is 6.18 Å². The van der Waals surface area contributed by atoms with E-state index in [1.165, 1.54) is 24.4 Å². The maximum absolute atomic E-state index is 14.0. The van der Waals surface area contributed by atoms with Crippen LogP contribution >= 0.6 is 11.6 Å². The topological polar surface area (TPSA) is 47.0 Å². The summed E-state index contributed by atoms with van der Waals surface area (Å²) in [6, 6.07) is 22.6. The number of para-hydroxylation sites is 1. The van der Waals surface area contributed by atoms with Crippen LogP contribution in [-0.4, -0.2) is 19.7 Å². The summed E-state index contributed by atoms with van der Waals surface area (Å²) in [5, 5.41) is 0.173. The smallest absolute Gasteiger partial charge is 0.255 e. The number of fused-ring (bicyclic) bond motifs is 1. The van der Waals surface area contributed by atoms with Gasteiger partial charge in [-0.25, -0.2) is 8.42 Å². The Labute approximate surface area is 224 Å². The van der Waals surface area contributed by atoms with Gasteiger partial charge in [-0.2, -0.15) is 13.2 Å². The fourth-order valence-electron chi connectivity index (χ4n) is 5.11. The van der Waals surface area contributed by atoms with Crippen molar-refractivity contribution in [2.45, 2.75) is 23.9 Å². The molecule has 1 aliphatic carbocycles. The van der Waals surface area contributed by atoms with Gasteiger partial charge in [0.25, 0.3) is 0 Å². The van der Waals surface area contributed by atoms with Gasteiger partial charge < -0.3 is 0 Å². The third-order valence-electron chi connectivity index (χ3n) is 6.72. The molecule has 194 valence electrons. The summed E-state index contributed by atoms with van der Waals surface area (Å²) in [5.41, 5.74) is 2.22. The van der Waals surface area contributed by atoms with Crippen LogP contribution in [0.5, 0.6) is 0 Å². The summed E-state index contributed by atoms with van der Waals surface area (Å²) in [5.74, 6) is 0. The van der Waals surface area contributed by atoms with Crippen LogP contribution in [0.2, 0.25) is 0 Å². The van der Waals surface area contributed by atoms with Crippen molar-refractivity contribution in [1.82, 2.24) is 4.98 Å². The van der Waals surface area contributed by atoms with E-state index in [2.05, 4.69) is 4.98 Å². The summed E-state index contributed by atoms with van der Waals surface area (Å²) in [6.45, 7) is 0. The van der Waals surface area contributed by atoms with Crippen LogP contribution < -0.4 is 0 Å². The highest BCUT2D eigenvalue weighted by molar-refractivity contribution is 7.94. The molecule has 8 heteroatoms. The van der Waals surface area contributed by atoms with Gasteiger partial charge in [0, 0.05) is 24.3 Å². The van der Waals surface area contributed by atoms with Crippen molar-refractivity contribution in [2.24, 2.45) is 0 Å². The number of pyridine rings is 1. The maximum Gasteiger partial charge on any atom is 0.418 e. The van der Waals surface area contributed by atoms with Gasteiger partial charge in [-0.3, -0.25) is 4.98 Å². The molecule has 3 aromatic carbocycles. The molecule has 0 radical (unpaired) electrons. The molecule has 1 heterocycles. The number of halogens is 4. The highest BCUT2D eigenvalue weighted by atomic mass is 35.5. The van der Waals surface area contributed by atoms with Gasteiger partial charge in [-0.15, -0.1) is 11.6 Å². The molecule has 0 saturated heterocycles. The second-order valence-corrected chi connectivity index (χ2v) is 12.0. The Balaban J connectivity index is 1.83. The van der Waals surface area contributed by atoms with E-state index >= 15 is 0 Å². The van der Waals surface area contributed by atoms with Crippen molar-refractivity contribution in [2.75, 3.05) is 6.26 Å². The number of hydrogen-bond donors (Lipinski definition) is 0. The molecule has 1 aliphatic rings. The number of aromatic nitrogens is 1. The second kappa shape index (κ2) is 9.71. The van der Waals surface area contributed by atoms with Gasteiger partial charge in [-0.05, 0) is 46.4 Å². The average Bonchev–Trinajstić information content (AvgIpc) is 2.87. The Hall–Kier alpha value is -3.42. The number of alkyl halides is 4. The summed E-state index contributed by atoms with van der Waals surface area (Å²) in [7, 11) is -3.84. The van der Waals surface area contributed by atoms with Crippen molar-refractivity contribution in [3.63, 3.8) is 0 Å². The summed E-state index contributed by atoms with van der Waals surface area (Å²) >= 11 is 7.42. The Morgan fingerprint density at radius 3 is 2.21 bits per heavy atom. The van der Waals surface area contributed by atoms with Crippen LogP contribution in [0, 0.1) is 0 Å². The van der Waals surface area contributed by atoms with Crippen LogP contribution in [0.4, 0.5) is 13.2 Å². The van der Waals surface area contributed by atoms with Gasteiger partial charge in [0.05, 0.1) is 16.0 Å². The Morgan fingerprint density at radius 1 is 0.921 bits per heavy atom. The molecule has 0 fully saturated rings. The average molecular weight is 554 g/mol. The van der Waals surface area contributed by atoms with E-state index in [9.17, 15) is 21.6 Å². The maximum atomic E-state index is 14.0. The zero-order valence-corrected chi connectivity index (χ0v) is 21.9. The fourth-order valence-corrected chi connectivity index (χ4v) is 7.04. The lowest BCUT2D eigenvalue weighted by atomic mass is 9.80. The summed E-state index contributed by atoms with van der Waals surface area (Å²) in [4.78, 5) is 2.50. The lowest BCUT2D eigenvalue weighted by molar-refractivity contribution is -0.136. The number of nitrogens with zero attached hydrogens (tertiary/aromatic N) is 1. The first kappa shape index (κ1) is 26.2. The van der Waals surface area contributed by atoms with Crippen LogP contribution in [-0.2, 0) is 27.3 Å². The van der Waals surface area contributed by atoms with Crippen LogP contribution in [0.3, 0.4) is 0 Å². The Kier molecular flexibility index (Phi) is 6.70. The first-order valence-electron chi connectivity index (χ1n) is 11.9. The largest absolute Gasteiger partial charge is 0.418 e. The van der Waals surface area contributed by atoms with Gasteiger partial charge in [-0.1, -0.05) is 78.9 Å². The molecule has 38 heavy (non-hydrogen) atoms. The first-order valence-corrected chi connectivity index (χ1v) is 14.1. The molecule has 0 amide bonds. The van der Waals surface area contributed by atoms with Crippen LogP contribution in [0.1, 0.15) is 34.2 Å². The second-order valence-electron chi connectivity index (χ2n) is 9.36. The molecule has 1 unspecified atom stereocenters. The number of sulfone groups is 1. The lowest BCUT2D eigenvalue weighted by Crippen LogP contribution is -2.30. The molecule has 5 rings (SSSR count). The van der Waals surface area contributed by atoms with E-state index in [0.29, 0.717) is 17.5 Å². The molecule has 0 spiro atoms. The highest BCUT2D eigenvalue weighted by Gasteiger charge is 2.45. The minimum atomic E-state index is -4.65. The zero-order valence-electron chi connectivity index (χ0n) is 20.3. The standard InChI is InChI=1S/C30H23ClF3NO2S/c1-38(36,37)26-16-15-22(21-11-6-3-7-12-21)18-29(26,31)27-23(17-20-9-4-2-5-10-20)19-35-28-24(27)13-8-14-25(28)30(32,33)34/h2-16,19H,17-18H2,1H3. The number of rotatable bonds is 5. The van der Waals surface area contributed by atoms with Crippen molar-refractivity contribution >= 4 is 37.9 Å². The molecule has 3 nitrogen and oxygen atoms in total. The van der Waals surface area contributed by atoms with Crippen LogP contribution in [0.25, 0.3) is 16.5 Å². The third kappa shape index (κ3) is 4.88. The molecule has 0 bridgehead atoms. The Morgan fingerprint density at radius 2 is 1.58 bits per heavy atom. The fraction of sp³-hybridized carbons (Fsp3) is 0.167. The normalized spacial score (nSPS) is 18.2. The van der Waals surface area contributed by atoms with Crippen molar-refractivity contribution < 1.29 is 21.6 Å². The van der Waals surface area contributed by atoms with Gasteiger partial charge in [0.2, 0.25) is 0 Å².